The highest BCUT2D eigenvalue weighted by Gasteiger charge is 2.26. The molecule has 0 spiro atoms. The number of carbonyl (C=O) groups excluding carboxylic acids is 1. The molecule has 0 atom stereocenters. The predicted molar refractivity (Wildman–Crippen MR) is 73.6 cm³/mol. The van der Waals surface area contributed by atoms with Crippen LogP contribution in [0.1, 0.15) is 37.4 Å². The highest BCUT2D eigenvalue weighted by Crippen LogP contribution is 2.27. The molecule has 1 aromatic rings. The lowest BCUT2D eigenvalue weighted by Crippen LogP contribution is -2.45. The van der Waals surface area contributed by atoms with Gasteiger partial charge in [-0.15, -0.1) is 11.3 Å². The standard InChI is InChI=1S/C13H21N3OS/c1-9-8-18-12(15-9)13(2,3)16-11(17)7-14-6-10-4-5-10/h8,10,14H,4-7H2,1-3H3,(H,16,17). The molecule has 0 aliphatic heterocycles. The van der Waals surface area contributed by atoms with Crippen LogP contribution in [-0.2, 0) is 10.3 Å². The molecule has 100 valence electrons. The van der Waals surface area contributed by atoms with Crippen LogP contribution in [-0.4, -0.2) is 24.0 Å². The minimum Gasteiger partial charge on any atom is -0.344 e. The smallest absolute Gasteiger partial charge is 0.234 e. The minimum atomic E-state index is -0.392. The largest absolute Gasteiger partial charge is 0.344 e. The van der Waals surface area contributed by atoms with Crippen LogP contribution in [0, 0.1) is 12.8 Å². The normalized spacial score (nSPS) is 15.7. The second-order valence-corrected chi connectivity index (χ2v) is 6.40. The van der Waals surface area contributed by atoms with E-state index >= 15 is 0 Å². The van der Waals surface area contributed by atoms with E-state index in [2.05, 4.69) is 15.6 Å². The second-order valence-electron chi connectivity index (χ2n) is 5.54. The molecule has 1 heterocycles. The van der Waals surface area contributed by atoms with Crippen molar-refractivity contribution in [2.24, 2.45) is 5.92 Å². The molecule has 1 aromatic heterocycles. The van der Waals surface area contributed by atoms with Gasteiger partial charge in [0.15, 0.2) is 0 Å². The first-order valence-corrected chi connectivity index (χ1v) is 7.29. The Morgan fingerprint density at radius 2 is 2.28 bits per heavy atom. The number of rotatable bonds is 6. The quantitative estimate of drug-likeness (QED) is 0.826. The third-order valence-corrected chi connectivity index (χ3v) is 4.30. The van der Waals surface area contributed by atoms with Crippen molar-refractivity contribution in [1.82, 2.24) is 15.6 Å². The van der Waals surface area contributed by atoms with Crippen molar-refractivity contribution in [1.29, 1.82) is 0 Å². The molecular formula is C13H21N3OS. The molecule has 0 bridgehead atoms. The Kier molecular flexibility index (Phi) is 4.02. The van der Waals surface area contributed by atoms with Crippen LogP contribution < -0.4 is 10.6 Å². The Balaban J connectivity index is 1.80. The second kappa shape index (κ2) is 5.36. The van der Waals surface area contributed by atoms with Crippen molar-refractivity contribution in [3.63, 3.8) is 0 Å². The van der Waals surface area contributed by atoms with Crippen molar-refractivity contribution < 1.29 is 4.79 Å². The topological polar surface area (TPSA) is 54.0 Å². The van der Waals surface area contributed by atoms with Gasteiger partial charge < -0.3 is 10.6 Å². The average Bonchev–Trinajstić information content (AvgIpc) is 2.98. The molecule has 1 aliphatic rings. The Morgan fingerprint density at radius 3 is 2.83 bits per heavy atom. The van der Waals surface area contributed by atoms with E-state index < -0.39 is 5.54 Å². The van der Waals surface area contributed by atoms with Crippen LogP contribution in [0.2, 0.25) is 0 Å². The molecule has 1 saturated carbocycles. The van der Waals surface area contributed by atoms with E-state index in [0.717, 1.165) is 23.2 Å². The molecule has 0 unspecified atom stereocenters. The zero-order chi connectivity index (χ0) is 13.2. The average molecular weight is 267 g/mol. The molecule has 0 aromatic carbocycles. The number of hydrogen-bond donors (Lipinski definition) is 2. The zero-order valence-electron chi connectivity index (χ0n) is 11.2. The van der Waals surface area contributed by atoms with Gasteiger partial charge in [0.1, 0.15) is 5.01 Å². The molecule has 2 rings (SSSR count). The van der Waals surface area contributed by atoms with Crippen molar-refractivity contribution in [2.75, 3.05) is 13.1 Å². The van der Waals surface area contributed by atoms with E-state index in [1.165, 1.54) is 12.8 Å². The Hall–Kier alpha value is -0.940. The molecule has 18 heavy (non-hydrogen) atoms. The Morgan fingerprint density at radius 1 is 1.56 bits per heavy atom. The minimum absolute atomic E-state index is 0.0357. The van der Waals surface area contributed by atoms with Crippen LogP contribution >= 0.6 is 11.3 Å². The van der Waals surface area contributed by atoms with Gasteiger partial charge >= 0.3 is 0 Å². The van der Waals surface area contributed by atoms with Crippen LogP contribution in [0.3, 0.4) is 0 Å². The summed E-state index contributed by atoms with van der Waals surface area (Å²) >= 11 is 1.59. The maximum Gasteiger partial charge on any atom is 0.234 e. The summed E-state index contributed by atoms with van der Waals surface area (Å²) in [5.41, 5.74) is 0.612. The van der Waals surface area contributed by atoms with Crippen LogP contribution in [0.25, 0.3) is 0 Å². The maximum absolute atomic E-state index is 11.8. The van der Waals surface area contributed by atoms with Gasteiger partial charge in [-0.2, -0.15) is 0 Å². The summed E-state index contributed by atoms with van der Waals surface area (Å²) in [5, 5.41) is 9.19. The van der Waals surface area contributed by atoms with E-state index in [1.807, 2.05) is 26.2 Å². The monoisotopic (exact) mass is 267 g/mol. The summed E-state index contributed by atoms with van der Waals surface area (Å²) in [6, 6.07) is 0. The Labute approximate surface area is 112 Å². The van der Waals surface area contributed by atoms with Gasteiger partial charge in [-0.1, -0.05) is 0 Å². The number of thiazole rings is 1. The Bertz CT molecular complexity index is 424. The molecule has 1 aliphatic carbocycles. The first kappa shape index (κ1) is 13.5. The van der Waals surface area contributed by atoms with Crippen LogP contribution in [0.4, 0.5) is 0 Å². The van der Waals surface area contributed by atoms with E-state index in [-0.39, 0.29) is 5.91 Å². The molecule has 0 saturated heterocycles. The van der Waals surface area contributed by atoms with Gasteiger partial charge in [0, 0.05) is 11.1 Å². The highest BCUT2D eigenvalue weighted by atomic mass is 32.1. The molecule has 1 amide bonds. The highest BCUT2D eigenvalue weighted by molar-refractivity contribution is 7.09. The summed E-state index contributed by atoms with van der Waals surface area (Å²) in [6.07, 6.45) is 2.61. The summed E-state index contributed by atoms with van der Waals surface area (Å²) in [6.45, 7) is 7.30. The van der Waals surface area contributed by atoms with Crippen molar-refractivity contribution in [3.05, 3.63) is 16.1 Å². The molecule has 1 fully saturated rings. The van der Waals surface area contributed by atoms with Gasteiger partial charge in [-0.3, -0.25) is 4.79 Å². The zero-order valence-corrected chi connectivity index (χ0v) is 12.1. The number of carbonyl (C=O) groups is 1. The van der Waals surface area contributed by atoms with Crippen LogP contribution in [0.15, 0.2) is 5.38 Å². The van der Waals surface area contributed by atoms with Crippen molar-refractivity contribution >= 4 is 17.2 Å². The fourth-order valence-electron chi connectivity index (χ4n) is 1.80. The van der Waals surface area contributed by atoms with E-state index in [0.29, 0.717) is 6.54 Å². The van der Waals surface area contributed by atoms with Crippen molar-refractivity contribution in [2.45, 2.75) is 39.2 Å². The van der Waals surface area contributed by atoms with E-state index in [4.69, 9.17) is 0 Å². The van der Waals surface area contributed by atoms with Gasteiger partial charge in [0.05, 0.1) is 12.1 Å². The van der Waals surface area contributed by atoms with Crippen LogP contribution in [0.5, 0.6) is 0 Å². The summed E-state index contributed by atoms with van der Waals surface area (Å²) < 4.78 is 0. The summed E-state index contributed by atoms with van der Waals surface area (Å²) in [4.78, 5) is 16.3. The molecule has 4 nitrogen and oxygen atoms in total. The van der Waals surface area contributed by atoms with Gasteiger partial charge in [0.25, 0.3) is 0 Å². The van der Waals surface area contributed by atoms with Gasteiger partial charge in [-0.05, 0) is 46.1 Å². The molecule has 2 N–H and O–H groups in total. The molecular weight excluding hydrogens is 246 g/mol. The van der Waals surface area contributed by atoms with Crippen molar-refractivity contribution in [3.8, 4) is 0 Å². The fraction of sp³-hybridized carbons (Fsp3) is 0.692. The lowest BCUT2D eigenvalue weighted by atomic mass is 10.1. The third kappa shape index (κ3) is 3.78. The SMILES string of the molecule is Cc1csc(C(C)(C)NC(=O)CNCC2CC2)n1. The predicted octanol–water partition coefficient (Wildman–Crippen LogP) is 1.80. The first-order chi connectivity index (χ1) is 8.47. The van der Waals surface area contributed by atoms with Gasteiger partial charge in [0.2, 0.25) is 5.91 Å². The lowest BCUT2D eigenvalue weighted by molar-refractivity contribution is -0.121. The fourth-order valence-corrected chi connectivity index (χ4v) is 2.68. The van der Waals surface area contributed by atoms with E-state index in [1.54, 1.807) is 11.3 Å². The number of aryl methyl sites for hydroxylation is 1. The van der Waals surface area contributed by atoms with E-state index in [9.17, 15) is 4.79 Å². The van der Waals surface area contributed by atoms with Gasteiger partial charge in [-0.25, -0.2) is 4.98 Å². The summed E-state index contributed by atoms with van der Waals surface area (Å²) in [5.74, 6) is 0.834. The molecule has 5 heteroatoms. The number of hydrogen-bond acceptors (Lipinski definition) is 4. The number of aromatic nitrogens is 1. The summed E-state index contributed by atoms with van der Waals surface area (Å²) in [7, 11) is 0. The molecule has 0 radical (unpaired) electrons. The number of amides is 1. The first-order valence-electron chi connectivity index (χ1n) is 6.42. The maximum atomic E-state index is 11.8. The third-order valence-electron chi connectivity index (χ3n) is 3.02. The lowest BCUT2D eigenvalue weighted by Gasteiger charge is -2.24. The number of nitrogens with zero attached hydrogens (tertiary/aromatic N) is 1. The number of nitrogens with one attached hydrogen (secondary N) is 2.